The van der Waals surface area contributed by atoms with Gasteiger partial charge < -0.3 is 4.74 Å². The normalized spacial score (nSPS) is 19.6. The summed E-state index contributed by atoms with van der Waals surface area (Å²) in [6, 6.07) is 11.3. The van der Waals surface area contributed by atoms with Crippen molar-refractivity contribution >= 4 is 22.0 Å². The Bertz CT molecular complexity index is 980. The fraction of sp³-hybridized carbons (Fsp3) is 0.524. The summed E-state index contributed by atoms with van der Waals surface area (Å²) in [7, 11) is -3.49. The Morgan fingerprint density at radius 2 is 1.93 bits per heavy atom. The smallest absolute Gasteiger partial charge is 0.413 e. The Hall–Kier alpha value is -2.39. The van der Waals surface area contributed by atoms with Crippen LogP contribution in [0.25, 0.3) is 0 Å². The first kappa shape index (κ1) is 22.3. The maximum atomic E-state index is 12.2. The van der Waals surface area contributed by atoms with Crippen molar-refractivity contribution < 1.29 is 22.1 Å². The topological polar surface area (TPSA) is 99.5 Å². The van der Waals surface area contributed by atoms with Crippen LogP contribution in [-0.2, 0) is 31.2 Å². The third kappa shape index (κ3) is 6.06. The average molecular weight is 436 g/mol. The molecular weight excluding hydrogens is 406 g/mol. The van der Waals surface area contributed by atoms with Gasteiger partial charge in [0.1, 0.15) is 6.61 Å². The van der Waals surface area contributed by atoms with E-state index in [4.69, 9.17) is 8.92 Å². The minimum Gasteiger partial charge on any atom is -0.444 e. The molecule has 0 saturated heterocycles. The number of ether oxygens (including phenoxy) is 1. The fourth-order valence-electron chi connectivity index (χ4n) is 3.69. The molecule has 1 amide bonds. The molecule has 0 aliphatic heterocycles. The monoisotopic (exact) mass is 435 g/mol. The van der Waals surface area contributed by atoms with Gasteiger partial charge in [-0.3, -0.25) is 14.2 Å². The first-order chi connectivity index (χ1) is 14.0. The van der Waals surface area contributed by atoms with E-state index in [1.165, 1.54) is 0 Å². The minimum atomic E-state index is -3.49. The number of nitrogens with zero attached hydrogens (tertiary/aromatic N) is 2. The summed E-state index contributed by atoms with van der Waals surface area (Å²) in [5, 5.41) is 7.26. The van der Waals surface area contributed by atoms with Gasteiger partial charge >= 0.3 is 6.09 Å². The summed E-state index contributed by atoms with van der Waals surface area (Å²) in [5.74, 6) is 0.504. The summed E-state index contributed by atoms with van der Waals surface area (Å²) in [6.07, 6.45) is 2.21. The summed E-state index contributed by atoms with van der Waals surface area (Å²) in [5.41, 5.74) is 1.54. The zero-order valence-electron chi connectivity index (χ0n) is 17.8. The number of anilines is 1. The molecule has 0 radical (unpaired) electrons. The van der Waals surface area contributed by atoms with Crippen LogP contribution in [0.1, 0.15) is 57.2 Å². The summed E-state index contributed by atoms with van der Waals surface area (Å²) >= 11 is 0. The molecule has 1 aromatic heterocycles. The molecule has 1 aromatic carbocycles. The van der Waals surface area contributed by atoms with E-state index >= 15 is 0 Å². The van der Waals surface area contributed by atoms with Gasteiger partial charge in [-0.05, 0) is 45.6 Å². The molecule has 1 saturated carbocycles. The largest absolute Gasteiger partial charge is 0.444 e. The molecule has 9 heteroatoms. The van der Waals surface area contributed by atoms with Crippen molar-refractivity contribution in [3.05, 3.63) is 47.7 Å². The molecule has 164 valence electrons. The summed E-state index contributed by atoms with van der Waals surface area (Å²) in [6.45, 7) is 6.26. The number of benzene rings is 1. The third-order valence-electron chi connectivity index (χ3n) is 4.93. The van der Waals surface area contributed by atoms with Crippen molar-refractivity contribution in [2.24, 2.45) is 0 Å². The second-order valence-corrected chi connectivity index (χ2v) is 10.3. The van der Waals surface area contributed by atoms with Crippen LogP contribution in [0, 0.1) is 0 Å². The van der Waals surface area contributed by atoms with E-state index in [2.05, 4.69) is 10.4 Å². The van der Waals surface area contributed by atoms with Crippen molar-refractivity contribution in [2.75, 3.05) is 11.6 Å². The van der Waals surface area contributed by atoms with Gasteiger partial charge in [-0.25, -0.2) is 4.79 Å². The van der Waals surface area contributed by atoms with Gasteiger partial charge in [0.25, 0.3) is 10.1 Å². The van der Waals surface area contributed by atoms with Crippen LogP contribution in [0.5, 0.6) is 0 Å². The fourth-order valence-corrected chi connectivity index (χ4v) is 4.36. The molecule has 1 fully saturated rings. The molecule has 1 aliphatic carbocycles. The average Bonchev–Trinajstić information content (AvgIpc) is 3.26. The van der Waals surface area contributed by atoms with Crippen LogP contribution < -0.4 is 5.32 Å². The molecule has 2 atom stereocenters. The third-order valence-corrected chi connectivity index (χ3v) is 5.55. The van der Waals surface area contributed by atoms with Crippen LogP contribution in [0.15, 0.2) is 36.4 Å². The number of hydrogen-bond donors (Lipinski definition) is 1. The van der Waals surface area contributed by atoms with Crippen LogP contribution in [0.3, 0.4) is 0 Å². The molecule has 2 aromatic rings. The molecule has 30 heavy (non-hydrogen) atoms. The lowest BCUT2D eigenvalue weighted by Crippen LogP contribution is -2.26. The van der Waals surface area contributed by atoms with E-state index in [1.807, 2.05) is 61.9 Å². The van der Waals surface area contributed by atoms with Gasteiger partial charge in [0, 0.05) is 17.7 Å². The van der Waals surface area contributed by atoms with Crippen LogP contribution in [0.2, 0.25) is 0 Å². The molecular formula is C21H29N3O5S. The molecule has 0 unspecified atom stereocenters. The van der Waals surface area contributed by atoms with E-state index in [0.717, 1.165) is 23.9 Å². The number of carbonyl (C=O) groups excluding carboxylic acids is 1. The highest BCUT2D eigenvalue weighted by atomic mass is 32.2. The molecule has 1 aliphatic rings. The number of amides is 1. The van der Waals surface area contributed by atoms with E-state index in [9.17, 15) is 13.2 Å². The highest BCUT2D eigenvalue weighted by Gasteiger charge is 2.33. The lowest BCUT2D eigenvalue weighted by atomic mass is 10.0. The number of hydrogen-bond acceptors (Lipinski definition) is 6. The molecule has 8 nitrogen and oxygen atoms in total. The van der Waals surface area contributed by atoms with Crippen molar-refractivity contribution in [1.82, 2.24) is 9.78 Å². The Balaban J connectivity index is 1.70. The maximum Gasteiger partial charge on any atom is 0.413 e. The maximum absolute atomic E-state index is 12.2. The van der Waals surface area contributed by atoms with Crippen molar-refractivity contribution in [1.29, 1.82) is 0 Å². The van der Waals surface area contributed by atoms with E-state index < -0.39 is 16.2 Å². The Morgan fingerprint density at radius 3 is 2.57 bits per heavy atom. The van der Waals surface area contributed by atoms with E-state index in [-0.39, 0.29) is 24.2 Å². The van der Waals surface area contributed by atoms with Gasteiger partial charge in [0.15, 0.2) is 5.82 Å². The Kier molecular flexibility index (Phi) is 6.52. The van der Waals surface area contributed by atoms with E-state index in [1.54, 1.807) is 0 Å². The number of nitrogens with one attached hydrogen (secondary N) is 1. The van der Waals surface area contributed by atoms with Gasteiger partial charge in [0.05, 0.1) is 17.9 Å². The number of rotatable bonds is 6. The number of carbonyl (C=O) groups is 1. The zero-order chi connectivity index (χ0) is 21.9. The van der Waals surface area contributed by atoms with Gasteiger partial charge in [-0.2, -0.15) is 13.5 Å². The minimum absolute atomic E-state index is 0.0966. The highest BCUT2D eigenvalue weighted by Crippen LogP contribution is 2.39. The Morgan fingerprint density at radius 1 is 1.23 bits per heavy atom. The lowest BCUT2D eigenvalue weighted by Gasteiger charge is -2.24. The van der Waals surface area contributed by atoms with Crippen molar-refractivity contribution in [2.45, 2.75) is 64.2 Å². The van der Waals surface area contributed by atoms with E-state index in [0.29, 0.717) is 18.7 Å². The van der Waals surface area contributed by atoms with Crippen LogP contribution >= 0.6 is 0 Å². The molecule has 0 spiro atoms. The lowest BCUT2D eigenvalue weighted by molar-refractivity contribution is 0.155. The molecule has 0 bridgehead atoms. The van der Waals surface area contributed by atoms with Crippen LogP contribution in [-0.4, -0.2) is 36.7 Å². The highest BCUT2D eigenvalue weighted by molar-refractivity contribution is 7.86. The summed E-state index contributed by atoms with van der Waals surface area (Å²) < 4.78 is 35.2. The van der Waals surface area contributed by atoms with Crippen LogP contribution in [0.4, 0.5) is 10.6 Å². The quantitative estimate of drug-likeness (QED) is 0.689. The zero-order valence-corrected chi connectivity index (χ0v) is 18.6. The molecule has 3 rings (SSSR count). The molecule has 1 heterocycles. The second-order valence-electron chi connectivity index (χ2n) is 8.66. The van der Waals surface area contributed by atoms with Crippen molar-refractivity contribution in [3.63, 3.8) is 0 Å². The van der Waals surface area contributed by atoms with Gasteiger partial charge in [0.2, 0.25) is 0 Å². The second kappa shape index (κ2) is 8.77. The summed E-state index contributed by atoms with van der Waals surface area (Å²) in [4.78, 5) is 12.2. The predicted octanol–water partition coefficient (Wildman–Crippen LogP) is 4.00. The predicted molar refractivity (Wildman–Crippen MR) is 114 cm³/mol. The standard InChI is InChI=1S/C21H29N3O5S/c1-21(2,3)24-18(16-10-11-17(12-16)29-30(4,26)27)13-19(23-24)22-20(25)28-14-15-8-6-5-7-9-15/h5-9,13,16-17H,10-12,14H2,1-4H3,(H,22,23,25)/t16-,17-/m0/s1. The SMILES string of the molecule is CC(C)(C)n1nc(NC(=O)OCc2ccccc2)cc1[C@H]1CC[C@H](OS(C)(=O)=O)C1. The van der Waals surface area contributed by atoms with Gasteiger partial charge in [-0.1, -0.05) is 30.3 Å². The Labute approximate surface area is 177 Å². The van der Waals surface area contributed by atoms with Gasteiger partial charge in [-0.15, -0.1) is 0 Å². The van der Waals surface area contributed by atoms with Crippen molar-refractivity contribution in [3.8, 4) is 0 Å². The molecule has 1 N–H and O–H groups in total. The first-order valence-electron chi connectivity index (χ1n) is 9.97. The first-order valence-corrected chi connectivity index (χ1v) is 11.8. The number of aromatic nitrogens is 2.